The van der Waals surface area contributed by atoms with Crippen molar-refractivity contribution in [1.82, 2.24) is 9.13 Å². The predicted octanol–water partition coefficient (Wildman–Crippen LogP) is 3.74. The summed E-state index contributed by atoms with van der Waals surface area (Å²) in [6.45, 7) is 1.45. The molecule has 3 aromatic carbocycles. The lowest BCUT2D eigenvalue weighted by Crippen LogP contribution is -2.28. The minimum Gasteiger partial charge on any atom is -0.324 e. The van der Waals surface area contributed by atoms with Gasteiger partial charge in [-0.05, 0) is 55.0 Å². The van der Waals surface area contributed by atoms with Gasteiger partial charge in [-0.15, -0.1) is 0 Å². The van der Waals surface area contributed by atoms with Crippen LogP contribution in [-0.2, 0) is 28.4 Å². The molecule has 170 valence electrons. The summed E-state index contributed by atoms with van der Waals surface area (Å²) in [5.41, 5.74) is 2.17. The molecule has 1 heterocycles. The smallest absolute Gasteiger partial charge is 0.324 e. The zero-order chi connectivity index (χ0) is 23.8. The lowest BCUT2D eigenvalue weighted by molar-refractivity contribution is -0.116. The molecule has 4 rings (SSSR count). The molecular weight excluding hydrogens is 464 g/mol. The molecule has 0 atom stereocenters. The van der Waals surface area contributed by atoms with Gasteiger partial charge in [0.15, 0.2) is 0 Å². The molecule has 4 aromatic rings. The average Bonchev–Trinajstić information content (AvgIpc) is 3.00. The molecule has 1 aromatic heterocycles. The van der Waals surface area contributed by atoms with E-state index in [-0.39, 0.29) is 17.1 Å². The number of hydrogen-bond acceptors (Lipinski definition) is 4. The highest BCUT2D eigenvalue weighted by atomic mass is 35.5. The Balaban J connectivity index is 1.58. The van der Waals surface area contributed by atoms with Crippen LogP contribution in [0.1, 0.15) is 5.56 Å². The lowest BCUT2D eigenvalue weighted by atomic mass is 10.2. The van der Waals surface area contributed by atoms with Crippen LogP contribution >= 0.6 is 11.6 Å². The minimum atomic E-state index is -3.93. The van der Waals surface area contributed by atoms with Crippen LogP contribution in [0.2, 0.25) is 5.02 Å². The second-order valence-corrected chi connectivity index (χ2v) is 9.65. The van der Waals surface area contributed by atoms with E-state index in [9.17, 15) is 18.0 Å². The molecule has 0 saturated heterocycles. The molecule has 10 heteroatoms. The number of imidazole rings is 1. The topological polar surface area (TPSA) is 102 Å². The summed E-state index contributed by atoms with van der Waals surface area (Å²) in [5.74, 6) is -0.455. The zero-order valence-corrected chi connectivity index (χ0v) is 19.4. The van der Waals surface area contributed by atoms with Crippen molar-refractivity contribution in [2.45, 2.75) is 18.4 Å². The van der Waals surface area contributed by atoms with E-state index < -0.39 is 15.9 Å². The maximum atomic E-state index is 12.9. The number of carbonyl (C=O) groups is 1. The fraction of sp³-hybridized carbons (Fsp3) is 0.130. The number of sulfonamides is 1. The number of fused-ring (bicyclic) bond motifs is 1. The van der Waals surface area contributed by atoms with Crippen molar-refractivity contribution < 1.29 is 13.2 Å². The molecule has 0 aliphatic heterocycles. The van der Waals surface area contributed by atoms with E-state index in [0.717, 1.165) is 0 Å². The van der Waals surface area contributed by atoms with Crippen molar-refractivity contribution in [3.8, 4) is 0 Å². The molecule has 0 radical (unpaired) electrons. The van der Waals surface area contributed by atoms with E-state index in [1.807, 2.05) is 6.07 Å². The highest BCUT2D eigenvalue weighted by molar-refractivity contribution is 7.92. The van der Waals surface area contributed by atoms with Gasteiger partial charge < -0.3 is 5.32 Å². The van der Waals surface area contributed by atoms with E-state index in [2.05, 4.69) is 10.0 Å². The highest BCUT2D eigenvalue weighted by Gasteiger charge is 2.19. The van der Waals surface area contributed by atoms with Crippen molar-refractivity contribution in [2.75, 3.05) is 10.0 Å². The van der Waals surface area contributed by atoms with Gasteiger partial charge in [-0.25, -0.2) is 13.2 Å². The third-order valence-corrected chi connectivity index (χ3v) is 6.95. The highest BCUT2D eigenvalue weighted by Crippen LogP contribution is 2.24. The first-order chi connectivity index (χ1) is 15.7. The van der Waals surface area contributed by atoms with Gasteiger partial charge in [-0.3, -0.25) is 18.7 Å². The molecule has 0 saturated carbocycles. The molecule has 0 fully saturated rings. The van der Waals surface area contributed by atoms with Gasteiger partial charge in [0.1, 0.15) is 6.54 Å². The Hall–Kier alpha value is -3.56. The normalized spacial score (nSPS) is 11.5. The van der Waals surface area contributed by atoms with Crippen LogP contribution in [-0.4, -0.2) is 23.5 Å². The van der Waals surface area contributed by atoms with Crippen LogP contribution in [0.5, 0.6) is 0 Å². The number of halogens is 1. The van der Waals surface area contributed by atoms with Crippen LogP contribution < -0.4 is 15.7 Å². The number of aryl methyl sites for hydroxylation is 2. The number of hydrogen-bond donors (Lipinski definition) is 2. The van der Waals surface area contributed by atoms with Crippen molar-refractivity contribution >= 4 is 49.9 Å². The molecule has 0 aliphatic carbocycles. The van der Waals surface area contributed by atoms with E-state index in [1.54, 1.807) is 62.5 Å². The number of aromatic nitrogens is 2. The van der Waals surface area contributed by atoms with Gasteiger partial charge in [-0.1, -0.05) is 35.9 Å². The maximum absolute atomic E-state index is 12.9. The van der Waals surface area contributed by atoms with Crippen molar-refractivity contribution in [2.24, 2.45) is 7.05 Å². The Labute approximate surface area is 195 Å². The summed E-state index contributed by atoms with van der Waals surface area (Å²) in [6, 6.07) is 18.1. The molecular formula is C23H21ClN4O4S. The van der Waals surface area contributed by atoms with Gasteiger partial charge in [0, 0.05) is 17.8 Å². The molecule has 33 heavy (non-hydrogen) atoms. The first kappa shape index (κ1) is 22.6. The first-order valence-corrected chi connectivity index (χ1v) is 11.8. The molecule has 1 amide bonds. The second kappa shape index (κ2) is 8.76. The molecule has 2 N–H and O–H groups in total. The van der Waals surface area contributed by atoms with Crippen LogP contribution in [0.4, 0.5) is 11.4 Å². The third kappa shape index (κ3) is 4.64. The Kier molecular flexibility index (Phi) is 6.01. The third-order valence-electron chi connectivity index (χ3n) is 5.19. The van der Waals surface area contributed by atoms with E-state index in [4.69, 9.17) is 11.6 Å². The number of para-hydroxylation sites is 2. The summed E-state index contributed by atoms with van der Waals surface area (Å²) in [7, 11) is -2.29. The summed E-state index contributed by atoms with van der Waals surface area (Å²) in [6.07, 6.45) is 0. The zero-order valence-electron chi connectivity index (χ0n) is 17.9. The molecule has 0 spiro atoms. The fourth-order valence-electron chi connectivity index (χ4n) is 3.59. The molecule has 8 nitrogen and oxygen atoms in total. The Morgan fingerprint density at radius 3 is 2.42 bits per heavy atom. The van der Waals surface area contributed by atoms with Crippen LogP contribution in [0, 0.1) is 6.92 Å². The largest absolute Gasteiger partial charge is 0.329 e. The summed E-state index contributed by atoms with van der Waals surface area (Å²) < 4.78 is 31.2. The molecule has 0 unspecified atom stereocenters. The van der Waals surface area contributed by atoms with Gasteiger partial charge in [-0.2, -0.15) is 0 Å². The molecule has 0 aliphatic rings. The van der Waals surface area contributed by atoms with Crippen LogP contribution in [0.15, 0.2) is 76.4 Å². The summed E-state index contributed by atoms with van der Waals surface area (Å²) in [5, 5.41) is 3.08. The van der Waals surface area contributed by atoms with Crippen molar-refractivity contribution in [1.29, 1.82) is 0 Å². The maximum Gasteiger partial charge on any atom is 0.329 e. The van der Waals surface area contributed by atoms with Gasteiger partial charge in [0.05, 0.1) is 21.6 Å². The lowest BCUT2D eigenvalue weighted by Gasteiger charge is -2.13. The predicted molar refractivity (Wildman–Crippen MR) is 129 cm³/mol. The molecule has 0 bridgehead atoms. The number of benzene rings is 3. The van der Waals surface area contributed by atoms with Crippen LogP contribution in [0.3, 0.4) is 0 Å². The van der Waals surface area contributed by atoms with Crippen molar-refractivity contribution in [3.63, 3.8) is 0 Å². The van der Waals surface area contributed by atoms with Crippen LogP contribution in [0.25, 0.3) is 11.0 Å². The minimum absolute atomic E-state index is 0.0163. The standard InChI is InChI=1S/C23H21ClN4O4S/c1-15-10-11-17(13-21(15)33(31,32)26-18-7-5-6-16(24)12-18)25-22(29)14-28-20-9-4-3-8-19(20)27(2)23(28)30/h3-13,26H,14H2,1-2H3,(H,25,29). The number of anilines is 2. The van der Waals surface area contributed by atoms with Crippen molar-refractivity contribution in [3.05, 3.63) is 87.8 Å². The number of carbonyl (C=O) groups excluding carboxylic acids is 1. The number of nitrogens with zero attached hydrogens (tertiary/aromatic N) is 2. The van der Waals surface area contributed by atoms with Gasteiger partial charge >= 0.3 is 5.69 Å². The van der Waals surface area contributed by atoms with E-state index in [1.165, 1.54) is 21.3 Å². The monoisotopic (exact) mass is 484 g/mol. The average molecular weight is 485 g/mol. The number of amides is 1. The fourth-order valence-corrected chi connectivity index (χ4v) is 5.10. The van der Waals surface area contributed by atoms with Gasteiger partial charge in [0.2, 0.25) is 5.91 Å². The quantitative estimate of drug-likeness (QED) is 0.435. The Bertz CT molecular complexity index is 1540. The van der Waals surface area contributed by atoms with E-state index in [0.29, 0.717) is 33.0 Å². The number of rotatable bonds is 6. The van der Waals surface area contributed by atoms with E-state index >= 15 is 0 Å². The summed E-state index contributed by atoms with van der Waals surface area (Å²) in [4.78, 5) is 25.3. The SMILES string of the molecule is Cc1ccc(NC(=O)Cn2c(=O)n(C)c3ccccc32)cc1S(=O)(=O)Nc1cccc(Cl)c1. The van der Waals surface area contributed by atoms with Gasteiger partial charge in [0.25, 0.3) is 10.0 Å². The second-order valence-electron chi connectivity index (χ2n) is 7.56. The first-order valence-electron chi connectivity index (χ1n) is 9.99. The Morgan fingerprint density at radius 1 is 0.970 bits per heavy atom. The summed E-state index contributed by atoms with van der Waals surface area (Å²) >= 11 is 5.94. The Morgan fingerprint density at radius 2 is 1.70 bits per heavy atom. The number of nitrogens with one attached hydrogen (secondary N) is 2.